The number of hydrogen-bond acceptors (Lipinski definition) is 3. The van der Waals surface area contributed by atoms with Crippen molar-refractivity contribution in [3.05, 3.63) is 51.7 Å². The highest BCUT2D eigenvalue weighted by molar-refractivity contribution is 7.10. The summed E-state index contributed by atoms with van der Waals surface area (Å²) < 4.78 is 0. The zero-order valence-corrected chi connectivity index (χ0v) is 12.5. The van der Waals surface area contributed by atoms with Gasteiger partial charge in [0.2, 0.25) is 0 Å². The number of hydrogen-bond donors (Lipinski definition) is 1. The fourth-order valence-corrected chi connectivity index (χ4v) is 3.62. The van der Waals surface area contributed by atoms with Gasteiger partial charge >= 0.3 is 0 Å². The molecule has 3 nitrogen and oxygen atoms in total. The van der Waals surface area contributed by atoms with E-state index in [4.69, 9.17) is 0 Å². The minimum atomic E-state index is -0.0441. The molecule has 0 bridgehead atoms. The summed E-state index contributed by atoms with van der Waals surface area (Å²) in [6.07, 6.45) is 0.911. The van der Waals surface area contributed by atoms with E-state index in [1.807, 2.05) is 29.2 Å². The van der Waals surface area contributed by atoms with Gasteiger partial charge in [-0.1, -0.05) is 19.1 Å². The first kappa shape index (κ1) is 13.2. The summed E-state index contributed by atoms with van der Waals surface area (Å²) >= 11 is 1.71. The molecule has 1 aliphatic rings. The molecule has 1 atom stereocenters. The van der Waals surface area contributed by atoms with Crippen LogP contribution in [-0.2, 0) is 0 Å². The Bertz CT molecular complexity index is 635. The van der Waals surface area contributed by atoms with Crippen LogP contribution in [0.25, 0.3) is 0 Å². The second-order valence-electron chi connectivity index (χ2n) is 5.06. The van der Waals surface area contributed by atoms with Crippen LogP contribution < -0.4 is 5.32 Å². The highest BCUT2D eigenvalue weighted by atomic mass is 32.1. The first-order chi connectivity index (χ1) is 9.72. The smallest absolute Gasteiger partial charge is 0.257 e. The van der Waals surface area contributed by atoms with Crippen molar-refractivity contribution >= 4 is 22.9 Å². The normalized spacial score (nSPS) is 17.8. The number of fused-ring (bicyclic) bond motifs is 1. The van der Waals surface area contributed by atoms with Crippen LogP contribution in [0, 0.1) is 6.92 Å². The van der Waals surface area contributed by atoms with E-state index < -0.39 is 0 Å². The van der Waals surface area contributed by atoms with Crippen molar-refractivity contribution in [2.45, 2.75) is 26.4 Å². The molecule has 1 aliphatic heterocycles. The van der Waals surface area contributed by atoms with Crippen LogP contribution in [0.2, 0.25) is 0 Å². The Labute approximate surface area is 123 Å². The predicted octanol–water partition coefficient (Wildman–Crippen LogP) is 4.03. The van der Waals surface area contributed by atoms with Crippen LogP contribution in [0.1, 0.15) is 40.3 Å². The average Bonchev–Trinajstić information content (AvgIpc) is 2.88. The maximum absolute atomic E-state index is 12.7. The first-order valence-electron chi connectivity index (χ1n) is 6.93. The lowest BCUT2D eigenvalue weighted by atomic mass is 10.1. The lowest BCUT2D eigenvalue weighted by Gasteiger charge is -2.37. The van der Waals surface area contributed by atoms with E-state index >= 15 is 0 Å². The van der Waals surface area contributed by atoms with Gasteiger partial charge in [0.05, 0.1) is 10.4 Å². The van der Waals surface area contributed by atoms with Gasteiger partial charge in [-0.2, -0.15) is 0 Å². The number of nitrogens with one attached hydrogen (secondary N) is 1. The first-order valence-corrected chi connectivity index (χ1v) is 7.81. The molecule has 0 saturated carbocycles. The quantitative estimate of drug-likeness (QED) is 0.923. The molecule has 1 aromatic heterocycles. The second-order valence-corrected chi connectivity index (χ2v) is 6.01. The number of carbonyl (C=O) groups excluding carboxylic acids is 1. The van der Waals surface area contributed by atoms with Crippen molar-refractivity contribution in [1.82, 2.24) is 4.90 Å². The summed E-state index contributed by atoms with van der Waals surface area (Å²) in [5, 5.41) is 5.61. The number of aryl methyl sites for hydroxylation is 1. The molecule has 1 unspecified atom stereocenters. The number of rotatable bonds is 3. The zero-order chi connectivity index (χ0) is 14.1. The average molecular weight is 286 g/mol. The van der Waals surface area contributed by atoms with E-state index in [1.165, 1.54) is 10.4 Å². The Hall–Kier alpha value is -1.81. The molecule has 2 heterocycles. The summed E-state index contributed by atoms with van der Waals surface area (Å²) in [5.41, 5.74) is 2.94. The Morgan fingerprint density at radius 3 is 2.80 bits per heavy atom. The minimum absolute atomic E-state index is 0.0441. The number of nitrogens with zero attached hydrogens (tertiary/aromatic N) is 1. The molecule has 1 aromatic carbocycles. The lowest BCUT2D eigenvalue weighted by Crippen LogP contribution is -2.43. The largest absolute Gasteiger partial charge is 0.360 e. The summed E-state index contributed by atoms with van der Waals surface area (Å²) in [5.74, 6) is 0.124. The van der Waals surface area contributed by atoms with Crippen molar-refractivity contribution in [2.24, 2.45) is 0 Å². The Morgan fingerprint density at radius 1 is 1.30 bits per heavy atom. The number of para-hydroxylation sites is 1. The second kappa shape index (κ2) is 5.29. The molecule has 0 saturated heterocycles. The predicted molar refractivity (Wildman–Crippen MR) is 83.2 cm³/mol. The van der Waals surface area contributed by atoms with Gasteiger partial charge in [-0.25, -0.2) is 0 Å². The van der Waals surface area contributed by atoms with E-state index in [2.05, 4.69) is 30.6 Å². The van der Waals surface area contributed by atoms with Gasteiger partial charge in [0, 0.05) is 12.2 Å². The molecule has 3 rings (SSSR count). The van der Waals surface area contributed by atoms with E-state index in [0.717, 1.165) is 24.2 Å². The van der Waals surface area contributed by atoms with Gasteiger partial charge in [0.25, 0.3) is 5.91 Å². The molecule has 1 N–H and O–H groups in total. The van der Waals surface area contributed by atoms with Gasteiger partial charge in [0.15, 0.2) is 0 Å². The van der Waals surface area contributed by atoms with Crippen LogP contribution in [0.5, 0.6) is 0 Å². The Balaban J connectivity index is 2.05. The molecule has 104 valence electrons. The molecule has 0 fully saturated rings. The van der Waals surface area contributed by atoms with E-state index in [0.29, 0.717) is 0 Å². The maximum atomic E-state index is 12.7. The number of thiophene rings is 1. The zero-order valence-electron chi connectivity index (χ0n) is 11.7. The number of amides is 1. The van der Waals surface area contributed by atoms with Crippen molar-refractivity contribution in [1.29, 1.82) is 0 Å². The fourth-order valence-electron chi connectivity index (χ4n) is 2.64. The highest BCUT2D eigenvalue weighted by Gasteiger charge is 2.33. The Kier molecular flexibility index (Phi) is 3.49. The van der Waals surface area contributed by atoms with E-state index in [1.54, 1.807) is 11.3 Å². The van der Waals surface area contributed by atoms with E-state index in [9.17, 15) is 4.79 Å². The topological polar surface area (TPSA) is 32.3 Å². The van der Waals surface area contributed by atoms with Gasteiger partial charge in [-0.15, -0.1) is 11.3 Å². The summed E-state index contributed by atoms with van der Waals surface area (Å²) in [7, 11) is 0. The van der Waals surface area contributed by atoms with Crippen LogP contribution in [0.15, 0.2) is 35.7 Å². The minimum Gasteiger partial charge on any atom is -0.360 e. The monoisotopic (exact) mass is 286 g/mol. The summed E-state index contributed by atoms with van der Waals surface area (Å²) in [6.45, 7) is 4.97. The number of carbonyl (C=O) groups is 1. The maximum Gasteiger partial charge on any atom is 0.257 e. The molecule has 0 aliphatic carbocycles. The van der Waals surface area contributed by atoms with Gasteiger partial charge < -0.3 is 10.2 Å². The third-order valence-electron chi connectivity index (χ3n) is 3.64. The van der Waals surface area contributed by atoms with Crippen molar-refractivity contribution < 1.29 is 4.79 Å². The fraction of sp³-hybridized carbons (Fsp3) is 0.312. The van der Waals surface area contributed by atoms with Crippen molar-refractivity contribution in [3.8, 4) is 0 Å². The van der Waals surface area contributed by atoms with E-state index in [-0.39, 0.29) is 12.1 Å². The van der Waals surface area contributed by atoms with Gasteiger partial charge in [-0.05, 0) is 42.5 Å². The van der Waals surface area contributed by atoms with Crippen LogP contribution in [-0.4, -0.2) is 17.4 Å². The summed E-state index contributed by atoms with van der Waals surface area (Å²) in [4.78, 5) is 15.9. The van der Waals surface area contributed by atoms with Gasteiger partial charge in [0.1, 0.15) is 6.17 Å². The Morgan fingerprint density at radius 2 is 2.10 bits per heavy atom. The summed E-state index contributed by atoms with van der Waals surface area (Å²) in [6, 6.07) is 9.86. The molecule has 4 heteroatoms. The SMILES string of the molecule is CCCN1C(=O)c2ccccc2NC1c1sccc1C. The van der Waals surface area contributed by atoms with Crippen LogP contribution in [0.3, 0.4) is 0 Å². The molecule has 20 heavy (non-hydrogen) atoms. The number of benzene rings is 1. The number of anilines is 1. The molecule has 0 spiro atoms. The standard InChI is InChI=1S/C16H18N2OS/c1-3-9-18-15(14-11(2)8-10-20-14)17-13-7-5-4-6-12(13)16(18)19/h4-8,10,15,17H,3,9H2,1-2H3. The molecular formula is C16H18N2OS. The van der Waals surface area contributed by atoms with Crippen LogP contribution >= 0.6 is 11.3 Å². The molecule has 1 amide bonds. The third-order valence-corrected chi connectivity index (χ3v) is 4.71. The third kappa shape index (κ3) is 2.10. The molecule has 0 radical (unpaired) electrons. The van der Waals surface area contributed by atoms with Crippen LogP contribution in [0.4, 0.5) is 5.69 Å². The van der Waals surface area contributed by atoms with Crippen molar-refractivity contribution in [2.75, 3.05) is 11.9 Å². The molecular weight excluding hydrogens is 268 g/mol. The highest BCUT2D eigenvalue weighted by Crippen LogP contribution is 2.36. The lowest BCUT2D eigenvalue weighted by molar-refractivity contribution is 0.0686. The van der Waals surface area contributed by atoms with Gasteiger partial charge in [-0.3, -0.25) is 4.79 Å². The van der Waals surface area contributed by atoms with Crippen molar-refractivity contribution in [3.63, 3.8) is 0 Å². The molecule has 2 aromatic rings.